The van der Waals surface area contributed by atoms with E-state index in [4.69, 9.17) is 14.2 Å². The van der Waals surface area contributed by atoms with E-state index in [0.717, 1.165) is 5.39 Å². The van der Waals surface area contributed by atoms with E-state index in [1.807, 2.05) is 59.7 Å². The first-order valence-corrected chi connectivity index (χ1v) is 9.35. The lowest BCUT2D eigenvalue weighted by atomic mass is 10.2. The summed E-state index contributed by atoms with van der Waals surface area (Å²) in [6, 6.07) is 7.42. The average molecular weight is 390 g/mol. The number of carbonyl (C=O) groups excluding carboxylic acids is 2. The van der Waals surface area contributed by atoms with Crippen LogP contribution in [0.3, 0.4) is 0 Å². The van der Waals surface area contributed by atoms with Crippen molar-refractivity contribution in [2.24, 2.45) is 0 Å². The van der Waals surface area contributed by atoms with Crippen molar-refractivity contribution in [2.45, 2.75) is 52.7 Å². The molecule has 7 heteroatoms. The molecule has 0 radical (unpaired) electrons. The highest BCUT2D eigenvalue weighted by atomic mass is 16.6. The Bertz CT molecular complexity index is 827. The topological polar surface area (TPSA) is 78.8 Å². The zero-order valence-corrected chi connectivity index (χ0v) is 17.5. The number of nitrogens with one attached hydrogen (secondary N) is 1. The molecule has 0 aliphatic carbocycles. The zero-order valence-electron chi connectivity index (χ0n) is 17.5. The molecule has 0 saturated carbocycles. The third-order valence-corrected chi connectivity index (χ3v) is 3.49. The number of para-hydroxylation sites is 1. The molecule has 154 valence electrons. The van der Waals surface area contributed by atoms with Crippen LogP contribution in [0.1, 0.15) is 41.5 Å². The second-order valence-electron chi connectivity index (χ2n) is 8.47. The molecule has 7 nitrogen and oxygen atoms in total. The highest BCUT2D eigenvalue weighted by Crippen LogP contribution is 2.27. The van der Waals surface area contributed by atoms with Crippen LogP contribution in [-0.4, -0.2) is 47.5 Å². The Morgan fingerprint density at radius 3 is 2.32 bits per heavy atom. The van der Waals surface area contributed by atoms with Gasteiger partial charge in [0.05, 0.1) is 6.54 Å². The SMILES string of the molecule is CC(C)(C)OC(=O)CNCCOc1cccc2ccn(C(=O)OC(C)(C)C)c12. The van der Waals surface area contributed by atoms with Gasteiger partial charge >= 0.3 is 12.1 Å². The number of hydrogen-bond acceptors (Lipinski definition) is 6. The molecular formula is C21H30N2O5. The minimum atomic E-state index is -0.588. The molecule has 0 bridgehead atoms. The van der Waals surface area contributed by atoms with Crippen molar-refractivity contribution in [1.82, 2.24) is 9.88 Å². The van der Waals surface area contributed by atoms with Crippen molar-refractivity contribution in [2.75, 3.05) is 19.7 Å². The summed E-state index contributed by atoms with van der Waals surface area (Å²) in [4.78, 5) is 24.2. The number of rotatable bonds is 6. The minimum Gasteiger partial charge on any atom is -0.490 e. The summed E-state index contributed by atoms with van der Waals surface area (Å²) in [7, 11) is 0. The zero-order chi connectivity index (χ0) is 20.9. The van der Waals surface area contributed by atoms with E-state index in [1.165, 1.54) is 4.57 Å². The molecule has 0 spiro atoms. The van der Waals surface area contributed by atoms with Crippen LogP contribution in [0.15, 0.2) is 30.5 Å². The van der Waals surface area contributed by atoms with Crippen molar-refractivity contribution in [1.29, 1.82) is 0 Å². The molecule has 0 fully saturated rings. The lowest BCUT2D eigenvalue weighted by Crippen LogP contribution is -2.33. The van der Waals surface area contributed by atoms with E-state index in [2.05, 4.69) is 5.32 Å². The summed E-state index contributed by atoms with van der Waals surface area (Å²) in [5.74, 6) is 0.265. The quantitative estimate of drug-likeness (QED) is 0.598. The van der Waals surface area contributed by atoms with Gasteiger partial charge in [0.15, 0.2) is 0 Å². The van der Waals surface area contributed by atoms with Crippen LogP contribution < -0.4 is 10.1 Å². The minimum absolute atomic E-state index is 0.110. The number of benzene rings is 1. The van der Waals surface area contributed by atoms with Gasteiger partial charge in [-0.3, -0.25) is 4.79 Å². The Kier molecular flexibility index (Phi) is 6.72. The molecule has 0 aliphatic rings. The summed E-state index contributed by atoms with van der Waals surface area (Å²) in [6.07, 6.45) is 1.22. The predicted molar refractivity (Wildman–Crippen MR) is 108 cm³/mol. The van der Waals surface area contributed by atoms with Gasteiger partial charge in [-0.2, -0.15) is 0 Å². The third-order valence-electron chi connectivity index (χ3n) is 3.49. The first-order valence-electron chi connectivity index (χ1n) is 9.35. The number of esters is 1. The molecule has 1 N–H and O–H groups in total. The molecule has 1 aromatic carbocycles. The van der Waals surface area contributed by atoms with Crippen LogP contribution in [0.4, 0.5) is 4.79 Å². The standard InChI is InChI=1S/C21H30N2O5/c1-20(2,3)27-17(24)14-22-11-13-26-16-9-7-8-15-10-12-23(18(15)16)19(25)28-21(4,5)6/h7-10,12,22H,11,13-14H2,1-6H3. The lowest BCUT2D eigenvalue weighted by molar-refractivity contribution is -0.153. The maximum absolute atomic E-state index is 12.5. The van der Waals surface area contributed by atoms with Gasteiger partial charge in [-0.25, -0.2) is 9.36 Å². The number of hydrogen-bond donors (Lipinski definition) is 1. The van der Waals surface area contributed by atoms with Gasteiger partial charge in [-0.15, -0.1) is 0 Å². The molecule has 1 heterocycles. The normalized spacial score (nSPS) is 12.1. The average Bonchev–Trinajstić information content (AvgIpc) is 2.96. The van der Waals surface area contributed by atoms with Crippen LogP contribution >= 0.6 is 0 Å². The van der Waals surface area contributed by atoms with E-state index in [-0.39, 0.29) is 12.5 Å². The van der Waals surface area contributed by atoms with Crippen LogP contribution in [0.5, 0.6) is 5.75 Å². The Morgan fingerprint density at radius 2 is 1.68 bits per heavy atom. The summed E-state index contributed by atoms with van der Waals surface area (Å²) in [5, 5.41) is 3.87. The van der Waals surface area contributed by atoms with Crippen molar-refractivity contribution in [3.05, 3.63) is 30.5 Å². The smallest absolute Gasteiger partial charge is 0.419 e. The largest absolute Gasteiger partial charge is 0.490 e. The molecule has 0 unspecified atom stereocenters. The van der Waals surface area contributed by atoms with Gasteiger partial charge in [0, 0.05) is 18.1 Å². The Hall–Kier alpha value is -2.54. The number of carbonyl (C=O) groups is 2. The molecule has 2 rings (SSSR count). The fraction of sp³-hybridized carbons (Fsp3) is 0.524. The number of ether oxygens (including phenoxy) is 3. The number of nitrogens with zero attached hydrogens (tertiary/aromatic N) is 1. The summed E-state index contributed by atoms with van der Waals surface area (Å²) in [6.45, 7) is 11.9. The van der Waals surface area contributed by atoms with Crippen molar-refractivity contribution >= 4 is 23.0 Å². The van der Waals surface area contributed by atoms with Crippen LogP contribution in [-0.2, 0) is 14.3 Å². The maximum Gasteiger partial charge on any atom is 0.419 e. The number of aromatic nitrogens is 1. The van der Waals surface area contributed by atoms with E-state index >= 15 is 0 Å². The fourth-order valence-electron chi connectivity index (χ4n) is 2.54. The highest BCUT2D eigenvalue weighted by Gasteiger charge is 2.20. The molecule has 0 saturated heterocycles. The molecule has 0 amide bonds. The molecular weight excluding hydrogens is 360 g/mol. The molecule has 1 aromatic heterocycles. The molecule has 28 heavy (non-hydrogen) atoms. The third kappa shape index (κ3) is 6.56. The van der Waals surface area contributed by atoms with Gasteiger partial charge < -0.3 is 19.5 Å². The highest BCUT2D eigenvalue weighted by molar-refractivity contribution is 5.93. The maximum atomic E-state index is 12.5. The van der Waals surface area contributed by atoms with Crippen molar-refractivity contribution < 1.29 is 23.8 Å². The van der Waals surface area contributed by atoms with Crippen LogP contribution in [0, 0.1) is 0 Å². The van der Waals surface area contributed by atoms with Gasteiger partial charge in [0.25, 0.3) is 0 Å². The second kappa shape index (κ2) is 8.65. The molecule has 2 aromatic rings. The fourth-order valence-corrected chi connectivity index (χ4v) is 2.54. The van der Waals surface area contributed by atoms with E-state index < -0.39 is 17.3 Å². The lowest BCUT2D eigenvalue weighted by Gasteiger charge is -2.20. The Morgan fingerprint density at radius 1 is 1.00 bits per heavy atom. The van der Waals surface area contributed by atoms with Gasteiger partial charge in [-0.05, 0) is 53.7 Å². The number of fused-ring (bicyclic) bond motifs is 1. The first-order chi connectivity index (χ1) is 13.0. The van der Waals surface area contributed by atoms with Crippen molar-refractivity contribution in [3.8, 4) is 5.75 Å². The van der Waals surface area contributed by atoms with Gasteiger partial charge in [0.1, 0.15) is 29.1 Å². The summed E-state index contributed by atoms with van der Waals surface area (Å²) < 4.78 is 18.0. The van der Waals surface area contributed by atoms with Gasteiger partial charge in [0.2, 0.25) is 0 Å². The van der Waals surface area contributed by atoms with E-state index in [0.29, 0.717) is 24.4 Å². The Labute approximate surface area is 165 Å². The van der Waals surface area contributed by atoms with E-state index in [1.54, 1.807) is 12.3 Å². The van der Waals surface area contributed by atoms with E-state index in [9.17, 15) is 9.59 Å². The predicted octanol–water partition coefficient (Wildman–Crippen LogP) is 3.73. The van der Waals surface area contributed by atoms with Crippen LogP contribution in [0.25, 0.3) is 10.9 Å². The first kappa shape index (κ1) is 21.8. The molecule has 0 atom stereocenters. The Balaban J connectivity index is 1.97. The monoisotopic (exact) mass is 390 g/mol. The molecule has 0 aliphatic heterocycles. The summed E-state index contributed by atoms with van der Waals surface area (Å²) in [5.41, 5.74) is -0.434. The second-order valence-corrected chi connectivity index (χ2v) is 8.47. The van der Waals surface area contributed by atoms with Crippen LogP contribution in [0.2, 0.25) is 0 Å². The van der Waals surface area contributed by atoms with Crippen molar-refractivity contribution in [3.63, 3.8) is 0 Å². The van der Waals surface area contributed by atoms with Gasteiger partial charge in [-0.1, -0.05) is 12.1 Å². The summed E-state index contributed by atoms with van der Waals surface area (Å²) >= 11 is 0.